The number of imide groups is 1. The van der Waals surface area contributed by atoms with E-state index >= 15 is 0 Å². The summed E-state index contributed by atoms with van der Waals surface area (Å²) in [4.78, 5) is 37.8. The van der Waals surface area contributed by atoms with Crippen molar-refractivity contribution in [3.05, 3.63) is 34.9 Å². The Morgan fingerprint density at radius 1 is 1.14 bits per heavy atom. The Hall–Kier alpha value is -2.33. The highest BCUT2D eigenvalue weighted by Gasteiger charge is 2.38. The van der Waals surface area contributed by atoms with Crippen LogP contribution < -0.4 is 16.4 Å². The Morgan fingerprint density at radius 2 is 1.93 bits per heavy atom. The number of hydrogen-bond acceptors (Lipinski definition) is 7. The number of fused-ring (bicyclic) bond motifs is 1. The Morgan fingerprint density at radius 3 is 2.69 bits per heavy atom. The molecular weight excluding hydrogens is 376 g/mol. The molecule has 0 spiro atoms. The molecule has 9 nitrogen and oxygen atoms in total. The van der Waals surface area contributed by atoms with Crippen LogP contribution in [-0.4, -0.2) is 68.2 Å². The van der Waals surface area contributed by atoms with E-state index < -0.39 is 11.9 Å². The molecule has 2 aliphatic rings. The van der Waals surface area contributed by atoms with Crippen molar-refractivity contribution in [1.29, 1.82) is 0 Å². The van der Waals surface area contributed by atoms with E-state index in [2.05, 4.69) is 10.6 Å². The molecule has 1 atom stereocenters. The predicted molar refractivity (Wildman–Crippen MR) is 105 cm³/mol. The molecule has 1 saturated heterocycles. The highest BCUT2D eigenvalue weighted by Crippen LogP contribution is 2.28. The largest absolute Gasteiger partial charge is 0.378 e. The van der Waals surface area contributed by atoms with Crippen molar-refractivity contribution < 1.29 is 23.9 Å². The smallest absolute Gasteiger partial charge is 0.255 e. The highest BCUT2D eigenvalue weighted by molar-refractivity contribution is 6.05. The van der Waals surface area contributed by atoms with Crippen LogP contribution in [0.25, 0.3) is 0 Å². The van der Waals surface area contributed by atoms with Crippen molar-refractivity contribution in [3.63, 3.8) is 0 Å². The lowest BCUT2D eigenvalue weighted by Gasteiger charge is -2.29. The van der Waals surface area contributed by atoms with Gasteiger partial charge in [-0.1, -0.05) is 12.1 Å². The first-order valence-corrected chi connectivity index (χ1v) is 9.93. The second-order valence-corrected chi connectivity index (χ2v) is 7.08. The van der Waals surface area contributed by atoms with E-state index in [9.17, 15) is 14.4 Å². The standard InChI is InChI=1S/C20H28N4O5/c21-5-7-28-9-10-29-8-6-22-12-14-1-2-15-13-24(20(27)16(15)11-14)17-3-4-18(25)23-19(17)26/h1-2,11,17,22H,3-10,12-13,21H2,(H,23,25,26). The molecule has 158 valence electrons. The number of nitrogens with two attached hydrogens (primary N) is 1. The van der Waals surface area contributed by atoms with Crippen LogP contribution in [0.2, 0.25) is 0 Å². The molecule has 29 heavy (non-hydrogen) atoms. The van der Waals surface area contributed by atoms with Crippen LogP contribution in [-0.2, 0) is 32.2 Å². The number of carbonyl (C=O) groups excluding carboxylic acids is 3. The molecule has 1 aromatic carbocycles. The van der Waals surface area contributed by atoms with Crippen molar-refractivity contribution in [3.8, 4) is 0 Å². The fourth-order valence-electron chi connectivity index (χ4n) is 3.49. The summed E-state index contributed by atoms with van der Waals surface area (Å²) in [5, 5.41) is 5.60. The summed E-state index contributed by atoms with van der Waals surface area (Å²) >= 11 is 0. The molecule has 2 heterocycles. The molecule has 3 rings (SSSR count). The van der Waals surface area contributed by atoms with Crippen LogP contribution >= 0.6 is 0 Å². The average molecular weight is 404 g/mol. The van der Waals surface area contributed by atoms with E-state index in [1.165, 1.54) is 0 Å². The SMILES string of the molecule is NCCOCCOCCNCc1ccc2c(c1)C(=O)N(C1CCC(=O)NC1=O)C2. The Labute approximate surface area is 169 Å². The third-order valence-corrected chi connectivity index (χ3v) is 4.98. The van der Waals surface area contributed by atoms with Crippen LogP contribution in [0.4, 0.5) is 0 Å². The van der Waals surface area contributed by atoms with Gasteiger partial charge in [-0.2, -0.15) is 0 Å². The van der Waals surface area contributed by atoms with E-state index in [-0.39, 0.29) is 18.2 Å². The number of hydrogen-bond donors (Lipinski definition) is 3. The Bertz CT molecular complexity index is 754. The van der Waals surface area contributed by atoms with Crippen LogP contribution in [0.5, 0.6) is 0 Å². The summed E-state index contributed by atoms with van der Waals surface area (Å²) in [7, 11) is 0. The summed E-state index contributed by atoms with van der Waals surface area (Å²) in [6.45, 7) is 4.39. The monoisotopic (exact) mass is 404 g/mol. The summed E-state index contributed by atoms with van der Waals surface area (Å²) in [5.74, 6) is -0.828. The van der Waals surface area contributed by atoms with Gasteiger partial charge in [0.25, 0.3) is 5.91 Å². The summed E-state index contributed by atoms with van der Waals surface area (Å²) < 4.78 is 10.7. The molecular formula is C20H28N4O5. The normalized spacial score (nSPS) is 18.9. The maximum atomic E-state index is 12.8. The predicted octanol–water partition coefficient (Wildman–Crippen LogP) is -0.471. The lowest BCUT2D eigenvalue weighted by atomic mass is 10.0. The Balaban J connectivity index is 1.44. The number of rotatable bonds is 11. The van der Waals surface area contributed by atoms with Gasteiger partial charge < -0.3 is 25.4 Å². The molecule has 9 heteroatoms. The van der Waals surface area contributed by atoms with Gasteiger partial charge in [-0.05, 0) is 23.6 Å². The highest BCUT2D eigenvalue weighted by atomic mass is 16.5. The summed E-state index contributed by atoms with van der Waals surface area (Å²) in [6.07, 6.45) is 0.628. The number of amides is 3. The molecule has 1 unspecified atom stereocenters. The van der Waals surface area contributed by atoms with Gasteiger partial charge >= 0.3 is 0 Å². The zero-order valence-corrected chi connectivity index (χ0v) is 16.4. The molecule has 3 amide bonds. The first-order valence-electron chi connectivity index (χ1n) is 9.93. The average Bonchev–Trinajstić information content (AvgIpc) is 3.03. The number of benzene rings is 1. The van der Waals surface area contributed by atoms with Crippen LogP contribution in [0.15, 0.2) is 18.2 Å². The lowest BCUT2D eigenvalue weighted by Crippen LogP contribution is -2.52. The van der Waals surface area contributed by atoms with Gasteiger partial charge in [0.15, 0.2) is 0 Å². The first-order chi connectivity index (χ1) is 14.1. The minimum absolute atomic E-state index is 0.155. The quantitative estimate of drug-likeness (QED) is 0.337. The fourth-order valence-corrected chi connectivity index (χ4v) is 3.49. The van der Waals surface area contributed by atoms with Crippen molar-refractivity contribution in [1.82, 2.24) is 15.5 Å². The van der Waals surface area contributed by atoms with Gasteiger partial charge in [0.2, 0.25) is 11.8 Å². The molecule has 4 N–H and O–H groups in total. The van der Waals surface area contributed by atoms with Crippen LogP contribution in [0.1, 0.15) is 34.3 Å². The topological polar surface area (TPSA) is 123 Å². The van der Waals surface area contributed by atoms with Gasteiger partial charge in [-0.15, -0.1) is 0 Å². The van der Waals surface area contributed by atoms with Gasteiger partial charge in [0.05, 0.1) is 26.4 Å². The molecule has 0 saturated carbocycles. The molecule has 2 aliphatic heterocycles. The molecule has 0 bridgehead atoms. The van der Waals surface area contributed by atoms with E-state index in [0.717, 1.165) is 11.1 Å². The third-order valence-electron chi connectivity index (χ3n) is 4.98. The molecule has 1 fully saturated rings. The van der Waals surface area contributed by atoms with Crippen molar-refractivity contribution in [2.75, 3.05) is 39.5 Å². The fraction of sp³-hybridized carbons (Fsp3) is 0.550. The number of ether oxygens (including phenoxy) is 2. The zero-order chi connectivity index (χ0) is 20.6. The second-order valence-electron chi connectivity index (χ2n) is 7.08. The van der Waals surface area contributed by atoms with E-state index in [1.54, 1.807) is 4.90 Å². The maximum absolute atomic E-state index is 12.8. The number of nitrogens with one attached hydrogen (secondary N) is 2. The third kappa shape index (κ3) is 5.60. The van der Waals surface area contributed by atoms with E-state index in [1.807, 2.05) is 18.2 Å². The zero-order valence-electron chi connectivity index (χ0n) is 16.4. The first kappa shape index (κ1) is 21.4. The van der Waals surface area contributed by atoms with E-state index in [0.29, 0.717) is 64.6 Å². The van der Waals surface area contributed by atoms with Crippen LogP contribution in [0.3, 0.4) is 0 Å². The number of nitrogens with zero attached hydrogens (tertiary/aromatic N) is 1. The lowest BCUT2D eigenvalue weighted by molar-refractivity contribution is -0.136. The van der Waals surface area contributed by atoms with Crippen LogP contribution in [0, 0.1) is 0 Å². The van der Waals surface area contributed by atoms with E-state index in [4.69, 9.17) is 15.2 Å². The van der Waals surface area contributed by atoms with Crippen molar-refractivity contribution in [2.24, 2.45) is 5.73 Å². The summed E-state index contributed by atoms with van der Waals surface area (Å²) in [5.41, 5.74) is 7.86. The molecule has 0 radical (unpaired) electrons. The second kappa shape index (κ2) is 10.4. The van der Waals surface area contributed by atoms with Gasteiger partial charge in [0, 0.05) is 38.2 Å². The Kier molecular flexibility index (Phi) is 7.70. The number of carbonyl (C=O) groups is 3. The summed E-state index contributed by atoms with van der Waals surface area (Å²) in [6, 6.07) is 5.20. The number of piperidine rings is 1. The minimum atomic E-state index is -0.583. The minimum Gasteiger partial charge on any atom is -0.378 e. The maximum Gasteiger partial charge on any atom is 0.255 e. The van der Waals surface area contributed by atoms with Gasteiger partial charge in [0.1, 0.15) is 6.04 Å². The van der Waals surface area contributed by atoms with Crippen molar-refractivity contribution >= 4 is 17.7 Å². The molecule has 1 aromatic rings. The van der Waals surface area contributed by atoms with Crippen molar-refractivity contribution in [2.45, 2.75) is 32.0 Å². The molecule has 0 aromatic heterocycles. The molecule has 0 aliphatic carbocycles. The van der Waals surface area contributed by atoms with Gasteiger partial charge in [-0.25, -0.2) is 0 Å². The van der Waals surface area contributed by atoms with Gasteiger partial charge in [-0.3, -0.25) is 19.7 Å².